The summed E-state index contributed by atoms with van der Waals surface area (Å²) in [5.74, 6) is 7.60. The van der Waals surface area contributed by atoms with E-state index in [9.17, 15) is 9.90 Å². The molecule has 214 valence electrons. The van der Waals surface area contributed by atoms with Crippen LogP contribution in [0.5, 0.6) is 5.75 Å². The first-order chi connectivity index (χ1) is 19.9. The van der Waals surface area contributed by atoms with Crippen LogP contribution in [-0.2, 0) is 0 Å². The Balaban J connectivity index is 1.37. The molecule has 1 unspecified atom stereocenters. The number of rotatable bonds is 6. The number of urea groups is 1. The van der Waals surface area contributed by atoms with E-state index in [1.165, 1.54) is 5.56 Å². The maximum atomic E-state index is 13.5. The van der Waals surface area contributed by atoms with Crippen LogP contribution in [0.25, 0.3) is 0 Å². The van der Waals surface area contributed by atoms with E-state index in [4.69, 9.17) is 4.74 Å². The second-order valence-electron chi connectivity index (χ2n) is 11.3. The van der Waals surface area contributed by atoms with Gasteiger partial charge in [0.25, 0.3) is 0 Å². The molecule has 2 saturated heterocycles. The summed E-state index contributed by atoms with van der Waals surface area (Å²) in [4.78, 5) is 20.2. The summed E-state index contributed by atoms with van der Waals surface area (Å²) in [6, 6.07) is 26.4. The van der Waals surface area contributed by atoms with Gasteiger partial charge in [0.2, 0.25) is 0 Å². The SMILES string of the molecule is COc1ccc(NC(=O)N2CC(CO)CCN3[C@H](CN(C)C)[C@H](c4ccc(C#Cc5ccccc5)cc4)[C@@H]3C2)cc1. The molecule has 2 fully saturated rings. The van der Waals surface area contributed by atoms with Gasteiger partial charge in [-0.25, -0.2) is 4.79 Å². The lowest BCUT2D eigenvalue weighted by molar-refractivity contribution is -0.0538. The monoisotopic (exact) mass is 552 g/mol. The van der Waals surface area contributed by atoms with Crippen LogP contribution in [0.1, 0.15) is 29.0 Å². The number of nitrogens with one attached hydrogen (secondary N) is 1. The van der Waals surface area contributed by atoms with Crippen LogP contribution in [0.4, 0.5) is 10.5 Å². The number of benzene rings is 3. The van der Waals surface area contributed by atoms with E-state index < -0.39 is 0 Å². The number of ether oxygens (including phenoxy) is 1. The van der Waals surface area contributed by atoms with Gasteiger partial charge in [-0.15, -0.1) is 0 Å². The van der Waals surface area contributed by atoms with Crippen LogP contribution >= 0.6 is 0 Å². The summed E-state index contributed by atoms with van der Waals surface area (Å²) in [5.41, 5.74) is 3.99. The molecule has 2 aliphatic rings. The summed E-state index contributed by atoms with van der Waals surface area (Å²) in [6.07, 6.45) is 0.851. The van der Waals surface area contributed by atoms with Crippen molar-refractivity contribution in [3.05, 3.63) is 95.6 Å². The minimum absolute atomic E-state index is 0.0408. The lowest BCUT2D eigenvalue weighted by Crippen LogP contribution is -2.69. The zero-order valence-corrected chi connectivity index (χ0v) is 24.2. The van der Waals surface area contributed by atoms with Crippen LogP contribution < -0.4 is 10.1 Å². The number of amides is 2. The fourth-order valence-corrected chi connectivity index (χ4v) is 6.08. The van der Waals surface area contributed by atoms with Crippen LogP contribution in [-0.4, -0.2) is 91.9 Å². The molecule has 4 atom stereocenters. The second kappa shape index (κ2) is 13.2. The van der Waals surface area contributed by atoms with Crippen molar-refractivity contribution in [2.24, 2.45) is 5.92 Å². The fraction of sp³-hybridized carbons (Fsp3) is 0.382. The lowest BCUT2D eigenvalue weighted by Gasteiger charge is -2.58. The summed E-state index contributed by atoms with van der Waals surface area (Å²) in [6.45, 7) is 3.04. The van der Waals surface area contributed by atoms with Crippen LogP contribution in [0.3, 0.4) is 0 Å². The maximum absolute atomic E-state index is 13.5. The Morgan fingerprint density at radius 3 is 2.29 bits per heavy atom. The number of carbonyl (C=O) groups is 1. The first kappa shape index (κ1) is 28.7. The van der Waals surface area contributed by atoms with Gasteiger partial charge in [-0.1, -0.05) is 42.2 Å². The van der Waals surface area contributed by atoms with E-state index in [2.05, 4.69) is 65.3 Å². The van der Waals surface area contributed by atoms with E-state index in [0.717, 1.165) is 42.1 Å². The molecule has 7 heteroatoms. The van der Waals surface area contributed by atoms with Gasteiger partial charge < -0.3 is 25.0 Å². The van der Waals surface area contributed by atoms with Crippen molar-refractivity contribution >= 4 is 11.7 Å². The van der Waals surface area contributed by atoms with Crippen molar-refractivity contribution in [3.8, 4) is 17.6 Å². The molecule has 3 aromatic rings. The van der Waals surface area contributed by atoms with Crippen molar-refractivity contribution in [2.45, 2.75) is 24.4 Å². The molecule has 0 bridgehead atoms. The van der Waals surface area contributed by atoms with Gasteiger partial charge in [-0.05, 0) is 81.2 Å². The fourth-order valence-electron chi connectivity index (χ4n) is 6.08. The minimum Gasteiger partial charge on any atom is -0.497 e. The highest BCUT2D eigenvalue weighted by Crippen LogP contribution is 2.43. The van der Waals surface area contributed by atoms with Crippen molar-refractivity contribution in [1.29, 1.82) is 0 Å². The molecule has 2 amide bonds. The summed E-state index contributed by atoms with van der Waals surface area (Å²) < 4.78 is 5.25. The molecular formula is C34H40N4O3. The molecule has 7 nitrogen and oxygen atoms in total. The van der Waals surface area contributed by atoms with E-state index in [1.54, 1.807) is 7.11 Å². The Bertz CT molecular complexity index is 1350. The Morgan fingerprint density at radius 2 is 1.66 bits per heavy atom. The van der Waals surface area contributed by atoms with Gasteiger partial charge in [0, 0.05) is 67.0 Å². The zero-order chi connectivity index (χ0) is 28.8. The molecule has 0 spiro atoms. The molecule has 2 aliphatic heterocycles. The first-order valence-electron chi connectivity index (χ1n) is 14.3. The zero-order valence-electron chi connectivity index (χ0n) is 24.2. The molecule has 2 heterocycles. The number of likely N-dealkylation sites (N-methyl/N-ethyl adjacent to an activating group) is 1. The van der Waals surface area contributed by atoms with Gasteiger partial charge in [-0.3, -0.25) is 4.90 Å². The third-order valence-electron chi connectivity index (χ3n) is 8.22. The van der Waals surface area contributed by atoms with Crippen LogP contribution in [0.15, 0.2) is 78.9 Å². The van der Waals surface area contributed by atoms with E-state index >= 15 is 0 Å². The van der Waals surface area contributed by atoms with Crippen molar-refractivity contribution in [3.63, 3.8) is 0 Å². The minimum atomic E-state index is -0.142. The van der Waals surface area contributed by atoms with Crippen molar-refractivity contribution in [2.75, 3.05) is 59.3 Å². The number of fused-ring (bicyclic) bond motifs is 1. The Kier molecular flexibility index (Phi) is 9.25. The topological polar surface area (TPSA) is 68.3 Å². The summed E-state index contributed by atoms with van der Waals surface area (Å²) in [7, 11) is 5.85. The van der Waals surface area contributed by atoms with Gasteiger partial charge >= 0.3 is 6.03 Å². The van der Waals surface area contributed by atoms with Crippen LogP contribution in [0, 0.1) is 17.8 Å². The molecule has 5 rings (SSSR count). The smallest absolute Gasteiger partial charge is 0.321 e. The van der Waals surface area contributed by atoms with Gasteiger partial charge in [0.15, 0.2) is 0 Å². The number of nitrogens with zero attached hydrogens (tertiary/aromatic N) is 3. The number of hydrogen-bond donors (Lipinski definition) is 2. The number of aliphatic hydroxyl groups excluding tert-OH is 1. The van der Waals surface area contributed by atoms with Gasteiger partial charge in [0.1, 0.15) is 5.75 Å². The average Bonchev–Trinajstić information content (AvgIpc) is 2.98. The van der Waals surface area contributed by atoms with Crippen LogP contribution in [0.2, 0.25) is 0 Å². The number of methoxy groups -OCH3 is 1. The summed E-state index contributed by atoms with van der Waals surface area (Å²) >= 11 is 0. The first-order valence-corrected chi connectivity index (χ1v) is 14.3. The quantitative estimate of drug-likeness (QED) is 0.446. The third-order valence-corrected chi connectivity index (χ3v) is 8.22. The molecule has 0 aliphatic carbocycles. The largest absolute Gasteiger partial charge is 0.497 e. The Morgan fingerprint density at radius 1 is 0.976 bits per heavy atom. The molecule has 0 radical (unpaired) electrons. The molecule has 41 heavy (non-hydrogen) atoms. The molecular weight excluding hydrogens is 512 g/mol. The Labute approximate surface area is 243 Å². The highest BCUT2D eigenvalue weighted by molar-refractivity contribution is 5.89. The Hall–Kier alpha value is -3.83. The van der Waals surface area contributed by atoms with Gasteiger partial charge in [0.05, 0.1) is 7.11 Å². The highest BCUT2D eigenvalue weighted by Gasteiger charge is 2.50. The van der Waals surface area contributed by atoms with Crippen molar-refractivity contribution in [1.82, 2.24) is 14.7 Å². The predicted octanol–water partition coefficient (Wildman–Crippen LogP) is 4.34. The maximum Gasteiger partial charge on any atom is 0.321 e. The summed E-state index contributed by atoms with van der Waals surface area (Å²) in [5, 5.41) is 13.2. The second-order valence-corrected chi connectivity index (χ2v) is 11.3. The van der Waals surface area contributed by atoms with Gasteiger partial charge in [-0.2, -0.15) is 0 Å². The normalized spacial score (nSPS) is 22.4. The van der Waals surface area contributed by atoms with E-state index in [1.807, 2.05) is 59.5 Å². The predicted molar refractivity (Wildman–Crippen MR) is 163 cm³/mol. The number of carbonyl (C=O) groups excluding carboxylic acids is 1. The number of anilines is 1. The molecule has 3 aromatic carbocycles. The van der Waals surface area contributed by atoms with Crippen molar-refractivity contribution < 1.29 is 14.6 Å². The third kappa shape index (κ3) is 6.91. The van der Waals surface area contributed by atoms with E-state index in [0.29, 0.717) is 19.1 Å². The molecule has 0 saturated carbocycles. The van der Waals surface area contributed by atoms with E-state index in [-0.39, 0.29) is 30.5 Å². The lowest BCUT2D eigenvalue weighted by atomic mass is 9.73. The average molecular weight is 553 g/mol. The molecule has 2 N–H and O–H groups in total. The number of hydrogen-bond acceptors (Lipinski definition) is 5. The molecule has 0 aromatic heterocycles. The highest BCUT2D eigenvalue weighted by atomic mass is 16.5. The standard InChI is InChI=1S/C34H40N4O3/c1-36(2)22-31-33(28-13-11-26(12-14-28)10-9-25-7-5-4-6-8-25)32-23-37(21-27(24-39)19-20-38(31)32)34(40)35-29-15-17-30(41-3)18-16-29/h4-8,11-18,27,31-33,39H,19-24H2,1-3H3,(H,35,40)/t27?,31-,32+,33+/m1/s1. The number of aliphatic hydroxyl groups is 1.